The van der Waals surface area contributed by atoms with Crippen molar-refractivity contribution in [2.24, 2.45) is 5.92 Å². The summed E-state index contributed by atoms with van der Waals surface area (Å²) in [4.78, 5) is 30.7. The van der Waals surface area contributed by atoms with Gasteiger partial charge in [0.2, 0.25) is 11.8 Å². The van der Waals surface area contributed by atoms with Crippen molar-refractivity contribution >= 4 is 11.8 Å². The molecule has 1 saturated carbocycles. The molecule has 106 valence electrons. The molecule has 1 aromatic rings. The highest BCUT2D eigenvalue weighted by atomic mass is 16.2. The number of pyridine rings is 1. The minimum atomic E-state index is -0.723. The third-order valence-corrected chi connectivity index (χ3v) is 4.52. The topological polar surface area (TPSA) is 62.3 Å². The first-order chi connectivity index (χ1) is 9.53. The van der Waals surface area contributed by atoms with Crippen LogP contribution in [-0.2, 0) is 16.1 Å². The first-order valence-corrected chi connectivity index (χ1v) is 7.02. The number of nitrogens with one attached hydrogen (secondary N) is 1. The quantitative estimate of drug-likeness (QED) is 0.894. The predicted molar refractivity (Wildman–Crippen MR) is 73.7 cm³/mol. The Morgan fingerprint density at radius 1 is 1.45 bits per heavy atom. The molecular formula is C15H19N3O2. The van der Waals surface area contributed by atoms with Gasteiger partial charge in [0.15, 0.2) is 0 Å². The molecule has 3 rings (SSSR count). The molecule has 0 aromatic carbocycles. The van der Waals surface area contributed by atoms with Gasteiger partial charge in [0.25, 0.3) is 0 Å². The number of rotatable bonds is 3. The molecule has 1 saturated heterocycles. The molecule has 1 N–H and O–H groups in total. The van der Waals surface area contributed by atoms with Crippen molar-refractivity contribution in [2.75, 3.05) is 6.54 Å². The number of piperazine rings is 1. The van der Waals surface area contributed by atoms with Gasteiger partial charge in [-0.1, -0.05) is 6.07 Å². The molecule has 5 nitrogen and oxygen atoms in total. The van der Waals surface area contributed by atoms with Crippen LogP contribution in [0.4, 0.5) is 0 Å². The predicted octanol–water partition coefficient (Wildman–Crippen LogP) is 1.02. The van der Waals surface area contributed by atoms with Gasteiger partial charge in [0, 0.05) is 6.20 Å². The van der Waals surface area contributed by atoms with E-state index in [1.807, 2.05) is 26.0 Å². The van der Waals surface area contributed by atoms with E-state index in [-0.39, 0.29) is 24.3 Å². The van der Waals surface area contributed by atoms with Gasteiger partial charge in [0.1, 0.15) is 5.54 Å². The Kier molecular flexibility index (Phi) is 3.00. The van der Waals surface area contributed by atoms with Crippen molar-refractivity contribution in [1.29, 1.82) is 0 Å². The number of carbonyl (C=O) groups is 2. The molecule has 2 amide bonds. The molecule has 1 aliphatic heterocycles. The van der Waals surface area contributed by atoms with Gasteiger partial charge in [-0.15, -0.1) is 0 Å². The zero-order chi connectivity index (χ0) is 14.3. The second-order valence-electron chi connectivity index (χ2n) is 5.85. The highest BCUT2D eigenvalue weighted by Crippen LogP contribution is 2.44. The molecule has 5 heteroatoms. The normalized spacial score (nSPS) is 26.6. The fraction of sp³-hybridized carbons (Fsp3) is 0.533. The van der Waals surface area contributed by atoms with Crippen LogP contribution in [0.3, 0.4) is 0 Å². The summed E-state index contributed by atoms with van der Waals surface area (Å²) >= 11 is 0. The standard InChI is InChI=1S/C15H19N3O2/c1-10-4-3-7-16-12(10)9-18-13(19)8-17-14(20)15(18,2)11-5-6-11/h3-4,7,11H,5-6,8-9H2,1-2H3,(H,17,20). The van der Waals surface area contributed by atoms with E-state index in [4.69, 9.17) is 0 Å². The average molecular weight is 273 g/mol. The Balaban J connectivity index is 1.93. The molecule has 2 fully saturated rings. The second-order valence-corrected chi connectivity index (χ2v) is 5.85. The van der Waals surface area contributed by atoms with Crippen molar-refractivity contribution in [2.45, 2.75) is 38.8 Å². The van der Waals surface area contributed by atoms with Crippen LogP contribution < -0.4 is 5.32 Å². The molecule has 1 aromatic heterocycles. The van der Waals surface area contributed by atoms with E-state index in [1.165, 1.54) is 0 Å². The summed E-state index contributed by atoms with van der Waals surface area (Å²) in [6.07, 6.45) is 3.75. The van der Waals surface area contributed by atoms with E-state index >= 15 is 0 Å². The maximum absolute atomic E-state index is 12.3. The molecule has 1 atom stereocenters. The Morgan fingerprint density at radius 3 is 2.85 bits per heavy atom. The van der Waals surface area contributed by atoms with E-state index in [0.717, 1.165) is 24.1 Å². The maximum atomic E-state index is 12.3. The van der Waals surface area contributed by atoms with Gasteiger partial charge in [-0.05, 0) is 44.2 Å². The zero-order valence-corrected chi connectivity index (χ0v) is 11.8. The van der Waals surface area contributed by atoms with Crippen molar-refractivity contribution in [3.63, 3.8) is 0 Å². The fourth-order valence-electron chi connectivity index (χ4n) is 2.95. The van der Waals surface area contributed by atoms with Crippen LogP contribution in [-0.4, -0.2) is 33.8 Å². The van der Waals surface area contributed by atoms with Crippen LogP contribution >= 0.6 is 0 Å². The Labute approximate surface area is 118 Å². The molecular weight excluding hydrogens is 254 g/mol. The summed E-state index contributed by atoms with van der Waals surface area (Å²) in [5, 5.41) is 2.72. The molecule has 20 heavy (non-hydrogen) atoms. The van der Waals surface area contributed by atoms with Gasteiger partial charge < -0.3 is 10.2 Å². The lowest BCUT2D eigenvalue weighted by Crippen LogP contribution is -2.66. The van der Waals surface area contributed by atoms with E-state index in [9.17, 15) is 9.59 Å². The molecule has 2 heterocycles. The number of aromatic nitrogens is 1. The molecule has 0 spiro atoms. The van der Waals surface area contributed by atoms with Gasteiger partial charge in [-0.25, -0.2) is 0 Å². The highest BCUT2D eigenvalue weighted by molar-refractivity contribution is 5.98. The van der Waals surface area contributed by atoms with Crippen LogP contribution in [0.15, 0.2) is 18.3 Å². The number of hydrogen-bond acceptors (Lipinski definition) is 3. The van der Waals surface area contributed by atoms with Gasteiger partial charge >= 0.3 is 0 Å². The number of carbonyl (C=O) groups excluding carboxylic acids is 2. The van der Waals surface area contributed by atoms with E-state index < -0.39 is 5.54 Å². The minimum Gasteiger partial charge on any atom is -0.345 e. The third-order valence-electron chi connectivity index (χ3n) is 4.52. The Morgan fingerprint density at radius 2 is 2.20 bits per heavy atom. The lowest BCUT2D eigenvalue weighted by atomic mass is 9.89. The van der Waals surface area contributed by atoms with Crippen LogP contribution in [0, 0.1) is 12.8 Å². The van der Waals surface area contributed by atoms with Gasteiger partial charge in [-0.3, -0.25) is 14.6 Å². The van der Waals surface area contributed by atoms with Crippen LogP contribution in [0.5, 0.6) is 0 Å². The Bertz CT molecular complexity index is 568. The van der Waals surface area contributed by atoms with Crippen molar-refractivity contribution in [3.8, 4) is 0 Å². The van der Waals surface area contributed by atoms with Gasteiger partial charge in [0.05, 0.1) is 18.8 Å². The van der Waals surface area contributed by atoms with E-state index in [0.29, 0.717) is 6.54 Å². The number of hydrogen-bond donors (Lipinski definition) is 1. The Hall–Kier alpha value is -1.91. The number of amides is 2. The summed E-state index contributed by atoms with van der Waals surface area (Å²) in [6, 6.07) is 3.86. The number of nitrogens with zero attached hydrogens (tertiary/aromatic N) is 2. The van der Waals surface area contributed by atoms with Crippen LogP contribution in [0.25, 0.3) is 0 Å². The first kappa shape index (κ1) is 13.1. The second kappa shape index (κ2) is 4.58. The summed E-state index contributed by atoms with van der Waals surface area (Å²) in [7, 11) is 0. The highest BCUT2D eigenvalue weighted by Gasteiger charge is 2.54. The molecule has 0 bridgehead atoms. The van der Waals surface area contributed by atoms with E-state index in [1.54, 1.807) is 11.1 Å². The van der Waals surface area contributed by atoms with Crippen LogP contribution in [0.1, 0.15) is 31.0 Å². The minimum absolute atomic E-state index is 0.0240. The summed E-state index contributed by atoms with van der Waals surface area (Å²) < 4.78 is 0. The van der Waals surface area contributed by atoms with E-state index in [2.05, 4.69) is 10.3 Å². The number of aryl methyl sites for hydroxylation is 1. The zero-order valence-electron chi connectivity index (χ0n) is 11.8. The summed E-state index contributed by atoms with van der Waals surface area (Å²) in [6.45, 7) is 4.36. The summed E-state index contributed by atoms with van der Waals surface area (Å²) in [5.41, 5.74) is 1.19. The molecule has 2 aliphatic rings. The van der Waals surface area contributed by atoms with Crippen LogP contribution in [0.2, 0.25) is 0 Å². The third kappa shape index (κ3) is 1.97. The van der Waals surface area contributed by atoms with Crippen molar-refractivity contribution in [1.82, 2.24) is 15.2 Å². The lowest BCUT2D eigenvalue weighted by molar-refractivity contribution is -0.155. The van der Waals surface area contributed by atoms with Crippen molar-refractivity contribution in [3.05, 3.63) is 29.6 Å². The fourth-order valence-corrected chi connectivity index (χ4v) is 2.95. The first-order valence-electron chi connectivity index (χ1n) is 7.02. The van der Waals surface area contributed by atoms with Gasteiger partial charge in [-0.2, -0.15) is 0 Å². The smallest absolute Gasteiger partial charge is 0.246 e. The average Bonchev–Trinajstić information content (AvgIpc) is 3.26. The summed E-state index contributed by atoms with van der Waals surface area (Å²) in [5.74, 6) is 0.216. The maximum Gasteiger partial charge on any atom is 0.246 e. The molecule has 0 radical (unpaired) electrons. The largest absolute Gasteiger partial charge is 0.345 e. The SMILES string of the molecule is Cc1cccnc1CN1C(=O)CNC(=O)C1(C)C1CC1. The molecule has 1 aliphatic carbocycles. The van der Waals surface area contributed by atoms with Crippen molar-refractivity contribution < 1.29 is 9.59 Å². The lowest BCUT2D eigenvalue weighted by Gasteiger charge is -2.43. The monoisotopic (exact) mass is 273 g/mol. The molecule has 1 unspecified atom stereocenters.